The predicted octanol–water partition coefficient (Wildman–Crippen LogP) is 6.71. The van der Waals surface area contributed by atoms with Gasteiger partial charge in [-0.2, -0.15) is 21.4 Å². The molecule has 4 aromatic carbocycles. The molecule has 3 heterocycles. The van der Waals surface area contributed by atoms with Gasteiger partial charge in [-0.15, -0.1) is 0 Å². The lowest BCUT2D eigenvalue weighted by Gasteiger charge is -2.22. The third-order valence-corrected chi connectivity index (χ3v) is 11.5. The second-order valence-electron chi connectivity index (χ2n) is 10.6. The molecule has 9 nitrogen and oxygen atoms in total. The van der Waals surface area contributed by atoms with Crippen molar-refractivity contribution in [2.45, 2.75) is 24.3 Å². The first-order chi connectivity index (χ1) is 21.1. The monoisotopic (exact) mass is 667 g/mol. The number of benzene rings is 4. The summed E-state index contributed by atoms with van der Waals surface area (Å²) in [5.41, 5.74) is 2.61. The number of furan rings is 1. The highest BCUT2D eigenvalue weighted by molar-refractivity contribution is 8.04. The summed E-state index contributed by atoms with van der Waals surface area (Å²) in [4.78, 5) is 3.14. The van der Waals surface area contributed by atoms with Crippen LogP contribution in [0.4, 0.5) is 5.69 Å². The lowest BCUT2D eigenvalue weighted by molar-refractivity contribution is -0.667. The lowest BCUT2D eigenvalue weighted by atomic mass is 10.0. The van der Waals surface area contributed by atoms with Gasteiger partial charge in [0.25, 0.3) is 25.2 Å². The number of anilines is 1. The van der Waals surface area contributed by atoms with E-state index in [0.29, 0.717) is 18.7 Å². The lowest BCUT2D eigenvalue weighted by Crippen LogP contribution is -2.36. The molecule has 0 amide bonds. The molecule has 0 atom stereocenters. The van der Waals surface area contributed by atoms with Crippen LogP contribution in [0.1, 0.15) is 17.8 Å². The molecule has 2 N–H and O–H groups in total. The fourth-order valence-corrected chi connectivity index (χ4v) is 9.26. The van der Waals surface area contributed by atoms with E-state index in [4.69, 9.17) is 4.42 Å². The van der Waals surface area contributed by atoms with Gasteiger partial charge in [0.2, 0.25) is 5.52 Å². The number of hydrogen-bond donors (Lipinski definition) is 2. The molecular formula is C31H27N2O7S4+. The van der Waals surface area contributed by atoms with Crippen LogP contribution in [0.15, 0.2) is 87.3 Å². The molecule has 6 aromatic rings. The molecule has 0 unspecified atom stereocenters. The topological polar surface area (TPSA) is 129 Å². The Bertz CT molecular complexity index is 2340. The number of hydrogen-bond acceptors (Lipinski definition) is 8. The highest BCUT2D eigenvalue weighted by Crippen LogP contribution is 2.51. The van der Waals surface area contributed by atoms with Gasteiger partial charge in [0, 0.05) is 23.2 Å². The zero-order chi connectivity index (χ0) is 30.6. The molecule has 1 aliphatic heterocycles. The number of fused-ring (bicyclic) bond motifs is 8. The second-order valence-corrected chi connectivity index (χ2v) is 15.9. The molecule has 0 fully saturated rings. The summed E-state index contributed by atoms with van der Waals surface area (Å²) < 4.78 is 73.9. The van der Waals surface area contributed by atoms with Gasteiger partial charge in [0.05, 0.1) is 39.9 Å². The maximum absolute atomic E-state index is 11.6. The molecule has 226 valence electrons. The Labute approximate surface area is 261 Å². The van der Waals surface area contributed by atoms with E-state index < -0.39 is 20.2 Å². The first-order valence-electron chi connectivity index (χ1n) is 13.9. The summed E-state index contributed by atoms with van der Waals surface area (Å²) in [7, 11) is -8.26. The van der Waals surface area contributed by atoms with Crippen molar-refractivity contribution in [3.8, 4) is 0 Å². The molecular weight excluding hydrogens is 641 g/mol. The van der Waals surface area contributed by atoms with Gasteiger partial charge in [-0.05, 0) is 46.8 Å². The highest BCUT2D eigenvalue weighted by Gasteiger charge is 2.31. The van der Waals surface area contributed by atoms with Crippen molar-refractivity contribution in [3.05, 3.63) is 83.0 Å². The fourth-order valence-electron chi connectivity index (χ4n) is 5.91. The zero-order valence-corrected chi connectivity index (χ0v) is 26.5. The summed E-state index contributed by atoms with van der Waals surface area (Å²) in [6.07, 6.45) is 4.10. The van der Waals surface area contributed by atoms with E-state index in [0.717, 1.165) is 57.8 Å². The Hall–Kier alpha value is -3.46. The average Bonchev–Trinajstić information content (AvgIpc) is 3.67. The molecule has 0 bridgehead atoms. The van der Waals surface area contributed by atoms with Crippen molar-refractivity contribution in [1.82, 2.24) is 0 Å². The second kappa shape index (κ2) is 11.2. The number of thioether (sulfide) groups is 1. The van der Waals surface area contributed by atoms with Gasteiger partial charge in [-0.3, -0.25) is 9.11 Å². The van der Waals surface area contributed by atoms with Crippen LogP contribution in [-0.4, -0.2) is 44.0 Å². The van der Waals surface area contributed by atoms with Crippen LogP contribution in [0.5, 0.6) is 0 Å². The van der Waals surface area contributed by atoms with Crippen LogP contribution >= 0.6 is 23.1 Å². The average molecular weight is 668 g/mol. The normalized spacial score (nSPS) is 15.0. The van der Waals surface area contributed by atoms with Crippen LogP contribution in [-0.2, 0) is 26.8 Å². The minimum atomic E-state index is -4.14. The van der Waals surface area contributed by atoms with E-state index in [1.54, 1.807) is 29.4 Å². The van der Waals surface area contributed by atoms with Crippen LogP contribution in [0, 0.1) is 0 Å². The smallest absolute Gasteiger partial charge is 0.265 e. The van der Waals surface area contributed by atoms with E-state index >= 15 is 0 Å². The summed E-state index contributed by atoms with van der Waals surface area (Å²) in [6, 6.07) is 22.4. The number of aryl methyl sites for hydroxylation is 1. The van der Waals surface area contributed by atoms with Crippen molar-refractivity contribution in [1.29, 1.82) is 0 Å². The molecule has 0 aliphatic carbocycles. The SMILES string of the molecule is O=S(=O)(O)CCCN1C(=Cc2sc3ccc4occc4c3[n+]2CCCS(=O)(=O)O)Sc2ccc3c(ccc4ccccc43)c21. The summed E-state index contributed by atoms with van der Waals surface area (Å²) in [5, 5.41) is 7.04. The Morgan fingerprint density at radius 3 is 2.41 bits per heavy atom. The number of rotatable bonds is 9. The van der Waals surface area contributed by atoms with Gasteiger partial charge >= 0.3 is 0 Å². The molecule has 1 aliphatic rings. The summed E-state index contributed by atoms with van der Waals surface area (Å²) >= 11 is 3.14. The van der Waals surface area contributed by atoms with Crippen LogP contribution in [0.3, 0.4) is 0 Å². The Kier molecular flexibility index (Phi) is 7.42. The maximum atomic E-state index is 11.6. The molecule has 0 spiro atoms. The quantitative estimate of drug-likeness (QED) is 0.0982. The fraction of sp³-hybridized carbons (Fsp3) is 0.194. The van der Waals surface area contributed by atoms with Gasteiger partial charge in [0.15, 0.2) is 6.54 Å². The molecule has 0 saturated carbocycles. The number of aromatic nitrogens is 1. The van der Waals surface area contributed by atoms with E-state index in [-0.39, 0.29) is 24.3 Å². The van der Waals surface area contributed by atoms with Crippen LogP contribution in [0.2, 0.25) is 0 Å². The molecule has 44 heavy (non-hydrogen) atoms. The first kappa shape index (κ1) is 29.3. The van der Waals surface area contributed by atoms with E-state index in [1.165, 1.54) is 0 Å². The van der Waals surface area contributed by atoms with Crippen molar-refractivity contribution >= 4 is 97.8 Å². The third kappa shape index (κ3) is 5.59. The highest BCUT2D eigenvalue weighted by atomic mass is 32.2. The van der Waals surface area contributed by atoms with Crippen molar-refractivity contribution in [3.63, 3.8) is 0 Å². The Morgan fingerprint density at radius 1 is 0.818 bits per heavy atom. The molecule has 0 saturated heterocycles. The van der Waals surface area contributed by atoms with E-state index in [9.17, 15) is 25.9 Å². The van der Waals surface area contributed by atoms with Crippen LogP contribution in [0.25, 0.3) is 48.8 Å². The van der Waals surface area contributed by atoms with Gasteiger partial charge < -0.3 is 9.32 Å². The number of nitrogens with zero attached hydrogens (tertiary/aromatic N) is 2. The molecule has 2 aromatic heterocycles. The van der Waals surface area contributed by atoms with Crippen LogP contribution < -0.4 is 9.47 Å². The molecule has 13 heteroatoms. The third-order valence-electron chi connectivity index (χ3n) is 7.75. The Morgan fingerprint density at radius 2 is 1.59 bits per heavy atom. The minimum absolute atomic E-state index is 0.211. The zero-order valence-electron chi connectivity index (χ0n) is 23.2. The summed E-state index contributed by atoms with van der Waals surface area (Å²) in [6.45, 7) is 0.704. The van der Waals surface area contributed by atoms with Crippen molar-refractivity contribution in [2.75, 3.05) is 23.0 Å². The van der Waals surface area contributed by atoms with Gasteiger partial charge in [-0.1, -0.05) is 65.6 Å². The van der Waals surface area contributed by atoms with Gasteiger partial charge in [-0.25, -0.2) is 0 Å². The molecule has 0 radical (unpaired) electrons. The molecule has 7 rings (SSSR count). The van der Waals surface area contributed by atoms with E-state index in [1.807, 2.05) is 30.3 Å². The standard InChI is InChI=1S/C31H26N2O7S4/c34-43(35,36)17-3-14-32-28(41-26-11-9-22-21-6-2-1-5-20(21)7-8-23(22)30(26)32)19-29-33(15-4-18-44(37,38)39)31-24-13-16-40-25(24)10-12-27(31)42-29/h1-2,5-13,16,19H,3-4,14-15,17-18H2,(H-,34,35,36,37,38,39)/p+1. The maximum Gasteiger partial charge on any atom is 0.265 e. The van der Waals surface area contributed by atoms with Crippen molar-refractivity contribution in [2.24, 2.45) is 0 Å². The van der Waals surface area contributed by atoms with Crippen molar-refractivity contribution < 1.29 is 34.9 Å². The Balaban J connectivity index is 1.38. The first-order valence-corrected chi connectivity index (χ1v) is 18.8. The largest absolute Gasteiger partial charge is 0.464 e. The minimum Gasteiger partial charge on any atom is -0.464 e. The van der Waals surface area contributed by atoms with E-state index in [2.05, 4.69) is 51.9 Å². The predicted molar refractivity (Wildman–Crippen MR) is 176 cm³/mol. The van der Waals surface area contributed by atoms with Gasteiger partial charge in [0.1, 0.15) is 10.3 Å². The number of thiazole rings is 1. The summed E-state index contributed by atoms with van der Waals surface area (Å²) in [5.74, 6) is -0.724.